The summed E-state index contributed by atoms with van der Waals surface area (Å²) in [5, 5.41) is 7.77. The minimum absolute atomic E-state index is 0.243. The van der Waals surface area contributed by atoms with Crippen LogP contribution < -0.4 is 10.6 Å². The van der Waals surface area contributed by atoms with Gasteiger partial charge in [-0.05, 0) is 25.0 Å². The number of methoxy groups -OCH3 is 1. The van der Waals surface area contributed by atoms with Crippen molar-refractivity contribution in [2.24, 2.45) is 0 Å². The highest BCUT2D eigenvalue weighted by atomic mass is 16.5. The third-order valence-corrected chi connectivity index (χ3v) is 3.34. The normalized spacial score (nSPS) is 12.3. The van der Waals surface area contributed by atoms with E-state index < -0.39 is 0 Å². The standard InChI is InChI=1S/C16H24N4O/c1-4-10-17-16-19-14-9-7-6-8-13(14)15(20-16)18-12(5-2)11-21-3/h6-9,12H,4-5,10-11H2,1-3H3,(H2,17,18,19,20). The van der Waals surface area contributed by atoms with Gasteiger partial charge in [-0.2, -0.15) is 4.98 Å². The van der Waals surface area contributed by atoms with Crippen LogP contribution in [0.4, 0.5) is 11.8 Å². The third kappa shape index (κ3) is 4.04. The highest BCUT2D eigenvalue weighted by Gasteiger charge is 2.11. The number of anilines is 2. The van der Waals surface area contributed by atoms with Gasteiger partial charge in [-0.3, -0.25) is 0 Å². The Kier molecular flexibility index (Phi) is 5.75. The van der Waals surface area contributed by atoms with Crippen LogP contribution in [-0.4, -0.2) is 36.3 Å². The molecule has 0 bridgehead atoms. The fourth-order valence-corrected chi connectivity index (χ4v) is 2.16. The summed E-state index contributed by atoms with van der Waals surface area (Å²) in [6.07, 6.45) is 2.02. The fraction of sp³-hybridized carbons (Fsp3) is 0.500. The van der Waals surface area contributed by atoms with Crippen LogP contribution in [0.15, 0.2) is 24.3 Å². The largest absolute Gasteiger partial charge is 0.383 e. The van der Waals surface area contributed by atoms with Crippen molar-refractivity contribution in [3.63, 3.8) is 0 Å². The zero-order valence-corrected chi connectivity index (χ0v) is 13.0. The van der Waals surface area contributed by atoms with Gasteiger partial charge in [0.1, 0.15) is 5.82 Å². The first-order chi connectivity index (χ1) is 10.3. The molecule has 1 aromatic carbocycles. The van der Waals surface area contributed by atoms with E-state index in [-0.39, 0.29) is 6.04 Å². The summed E-state index contributed by atoms with van der Waals surface area (Å²) in [5.41, 5.74) is 0.945. The molecule has 1 aromatic heterocycles. The maximum absolute atomic E-state index is 5.25. The molecule has 5 heteroatoms. The Hall–Kier alpha value is -1.88. The third-order valence-electron chi connectivity index (χ3n) is 3.34. The molecule has 0 radical (unpaired) electrons. The van der Waals surface area contributed by atoms with Crippen LogP contribution in [0.2, 0.25) is 0 Å². The van der Waals surface area contributed by atoms with E-state index in [0.717, 1.165) is 36.1 Å². The molecule has 5 nitrogen and oxygen atoms in total. The second-order valence-corrected chi connectivity index (χ2v) is 5.04. The van der Waals surface area contributed by atoms with Crippen molar-refractivity contribution in [1.29, 1.82) is 0 Å². The minimum atomic E-state index is 0.243. The summed E-state index contributed by atoms with van der Waals surface area (Å²) in [5.74, 6) is 1.54. The highest BCUT2D eigenvalue weighted by molar-refractivity contribution is 5.90. The summed E-state index contributed by atoms with van der Waals surface area (Å²) in [6, 6.07) is 8.30. The molecular formula is C16H24N4O. The van der Waals surface area contributed by atoms with Gasteiger partial charge in [0.05, 0.1) is 18.2 Å². The highest BCUT2D eigenvalue weighted by Crippen LogP contribution is 2.22. The van der Waals surface area contributed by atoms with Gasteiger partial charge in [-0.1, -0.05) is 26.0 Å². The summed E-state index contributed by atoms with van der Waals surface area (Å²) in [6.45, 7) is 5.79. The lowest BCUT2D eigenvalue weighted by Gasteiger charge is -2.18. The van der Waals surface area contributed by atoms with Crippen molar-refractivity contribution < 1.29 is 4.74 Å². The molecule has 21 heavy (non-hydrogen) atoms. The van der Waals surface area contributed by atoms with Crippen molar-refractivity contribution >= 4 is 22.7 Å². The lowest BCUT2D eigenvalue weighted by atomic mass is 10.2. The number of aromatic nitrogens is 2. The van der Waals surface area contributed by atoms with Crippen molar-refractivity contribution in [3.8, 4) is 0 Å². The molecule has 0 aliphatic rings. The monoisotopic (exact) mass is 288 g/mol. The second kappa shape index (κ2) is 7.78. The number of benzene rings is 1. The number of hydrogen-bond donors (Lipinski definition) is 2. The molecule has 0 spiro atoms. The van der Waals surface area contributed by atoms with Crippen LogP contribution in [-0.2, 0) is 4.74 Å². The van der Waals surface area contributed by atoms with Gasteiger partial charge in [-0.25, -0.2) is 4.98 Å². The van der Waals surface area contributed by atoms with E-state index in [1.54, 1.807) is 7.11 Å². The molecule has 2 N–H and O–H groups in total. The van der Waals surface area contributed by atoms with Crippen LogP contribution in [0.1, 0.15) is 26.7 Å². The molecule has 0 fully saturated rings. The van der Waals surface area contributed by atoms with E-state index in [2.05, 4.69) is 34.4 Å². The number of rotatable bonds is 8. The Balaban J connectivity index is 2.34. The number of hydrogen-bond acceptors (Lipinski definition) is 5. The lowest BCUT2D eigenvalue weighted by molar-refractivity contribution is 0.184. The van der Waals surface area contributed by atoms with Gasteiger partial charge in [-0.15, -0.1) is 0 Å². The second-order valence-electron chi connectivity index (χ2n) is 5.04. The smallest absolute Gasteiger partial charge is 0.225 e. The first-order valence-corrected chi connectivity index (χ1v) is 7.54. The predicted molar refractivity (Wildman–Crippen MR) is 87.9 cm³/mol. The van der Waals surface area contributed by atoms with Gasteiger partial charge in [0, 0.05) is 19.0 Å². The average molecular weight is 288 g/mol. The Labute approximate surface area is 126 Å². The van der Waals surface area contributed by atoms with E-state index in [1.165, 1.54) is 0 Å². The van der Waals surface area contributed by atoms with Crippen molar-refractivity contribution in [2.75, 3.05) is 30.9 Å². The zero-order valence-electron chi connectivity index (χ0n) is 13.0. The van der Waals surface area contributed by atoms with Crippen LogP contribution in [0.5, 0.6) is 0 Å². The molecule has 1 unspecified atom stereocenters. The topological polar surface area (TPSA) is 59.1 Å². The van der Waals surface area contributed by atoms with Gasteiger partial charge in [0.2, 0.25) is 5.95 Å². The van der Waals surface area contributed by atoms with E-state index in [0.29, 0.717) is 12.6 Å². The first kappa shape index (κ1) is 15.5. The van der Waals surface area contributed by atoms with Crippen LogP contribution >= 0.6 is 0 Å². The Morgan fingerprint density at radius 2 is 2.00 bits per heavy atom. The zero-order chi connectivity index (χ0) is 15.1. The number of nitrogens with zero attached hydrogens (tertiary/aromatic N) is 2. The predicted octanol–water partition coefficient (Wildman–Crippen LogP) is 3.29. The van der Waals surface area contributed by atoms with Gasteiger partial charge in [0.15, 0.2) is 0 Å². The van der Waals surface area contributed by atoms with E-state index in [4.69, 9.17) is 4.74 Å². The molecule has 0 aliphatic heterocycles. The molecule has 1 heterocycles. The SMILES string of the molecule is CCCNc1nc(NC(CC)COC)c2ccccc2n1. The van der Waals surface area contributed by atoms with Crippen molar-refractivity contribution in [3.05, 3.63) is 24.3 Å². The van der Waals surface area contributed by atoms with Crippen LogP contribution in [0, 0.1) is 0 Å². The number of fused-ring (bicyclic) bond motifs is 1. The quantitative estimate of drug-likeness (QED) is 0.780. The number of nitrogens with one attached hydrogen (secondary N) is 2. The summed E-state index contributed by atoms with van der Waals surface area (Å²) in [7, 11) is 1.72. The summed E-state index contributed by atoms with van der Waals surface area (Å²) >= 11 is 0. The molecule has 114 valence electrons. The molecule has 0 aliphatic carbocycles. The van der Waals surface area contributed by atoms with E-state index in [1.807, 2.05) is 24.3 Å². The Bertz CT molecular complexity index is 573. The maximum Gasteiger partial charge on any atom is 0.225 e. The Morgan fingerprint density at radius 3 is 2.71 bits per heavy atom. The van der Waals surface area contributed by atoms with Gasteiger partial charge < -0.3 is 15.4 Å². The van der Waals surface area contributed by atoms with Crippen LogP contribution in [0.25, 0.3) is 10.9 Å². The molecular weight excluding hydrogens is 264 g/mol. The molecule has 0 saturated carbocycles. The summed E-state index contributed by atoms with van der Waals surface area (Å²) in [4.78, 5) is 9.18. The lowest BCUT2D eigenvalue weighted by Crippen LogP contribution is -2.25. The molecule has 0 amide bonds. The van der Waals surface area contributed by atoms with Gasteiger partial charge in [0.25, 0.3) is 0 Å². The van der Waals surface area contributed by atoms with Gasteiger partial charge >= 0.3 is 0 Å². The molecule has 0 saturated heterocycles. The first-order valence-electron chi connectivity index (χ1n) is 7.54. The minimum Gasteiger partial charge on any atom is -0.383 e. The number of para-hydroxylation sites is 1. The van der Waals surface area contributed by atoms with Crippen LogP contribution in [0.3, 0.4) is 0 Å². The number of ether oxygens (including phenoxy) is 1. The van der Waals surface area contributed by atoms with E-state index in [9.17, 15) is 0 Å². The fourth-order valence-electron chi connectivity index (χ4n) is 2.16. The molecule has 1 atom stereocenters. The van der Waals surface area contributed by atoms with E-state index >= 15 is 0 Å². The maximum atomic E-state index is 5.25. The summed E-state index contributed by atoms with van der Waals surface area (Å²) < 4.78 is 5.25. The molecule has 2 aromatic rings. The Morgan fingerprint density at radius 1 is 1.19 bits per heavy atom. The van der Waals surface area contributed by atoms with Crippen molar-refractivity contribution in [2.45, 2.75) is 32.7 Å². The average Bonchev–Trinajstić information content (AvgIpc) is 2.52. The van der Waals surface area contributed by atoms with Crippen molar-refractivity contribution in [1.82, 2.24) is 9.97 Å². The molecule has 2 rings (SSSR count).